The van der Waals surface area contributed by atoms with E-state index in [0.29, 0.717) is 22.2 Å². The Kier molecular flexibility index (Phi) is 5.83. The van der Waals surface area contributed by atoms with Crippen molar-refractivity contribution >= 4 is 44.1 Å². The summed E-state index contributed by atoms with van der Waals surface area (Å²) in [6.07, 6.45) is 2.71. The van der Waals surface area contributed by atoms with Crippen LogP contribution in [0.3, 0.4) is 0 Å². The molecule has 3 N–H and O–H groups in total. The number of thiophene rings is 1. The molecule has 1 aliphatic carbocycles. The fourth-order valence-corrected chi connectivity index (χ4v) is 5.66. The van der Waals surface area contributed by atoms with E-state index in [4.69, 9.17) is 10.2 Å². The summed E-state index contributed by atoms with van der Waals surface area (Å²) in [4.78, 5) is 26.2. The van der Waals surface area contributed by atoms with Crippen LogP contribution in [0.4, 0.5) is 5.00 Å². The highest BCUT2D eigenvalue weighted by Crippen LogP contribution is 2.44. The van der Waals surface area contributed by atoms with Gasteiger partial charge in [0.25, 0.3) is 11.8 Å². The van der Waals surface area contributed by atoms with Crippen molar-refractivity contribution in [3.63, 3.8) is 0 Å². The van der Waals surface area contributed by atoms with Crippen molar-refractivity contribution in [3.05, 3.63) is 62.6 Å². The van der Waals surface area contributed by atoms with E-state index in [1.54, 1.807) is 12.1 Å². The minimum atomic E-state index is -0.503. The average Bonchev–Trinajstić information content (AvgIpc) is 3.32. The Balaban J connectivity index is 1.58. The molecule has 0 saturated carbocycles. The highest BCUT2D eigenvalue weighted by molar-refractivity contribution is 9.10. The molecule has 31 heavy (non-hydrogen) atoms. The topological polar surface area (TPSA) is 85.3 Å². The number of anilines is 1. The van der Waals surface area contributed by atoms with Gasteiger partial charge in [0, 0.05) is 14.9 Å². The molecule has 2 aromatic heterocycles. The zero-order chi connectivity index (χ0) is 22.3. The average molecular weight is 501 g/mol. The van der Waals surface area contributed by atoms with Gasteiger partial charge in [0.05, 0.1) is 5.56 Å². The molecule has 2 heterocycles. The molecule has 0 unspecified atom stereocenters. The monoisotopic (exact) mass is 500 g/mol. The molecule has 0 bridgehead atoms. The minimum absolute atomic E-state index is 0.187. The largest absolute Gasteiger partial charge is 0.451 e. The first-order valence-electron chi connectivity index (χ1n) is 10.2. The van der Waals surface area contributed by atoms with Crippen LogP contribution in [0.1, 0.15) is 58.5 Å². The van der Waals surface area contributed by atoms with E-state index in [2.05, 4.69) is 42.0 Å². The zero-order valence-corrected chi connectivity index (χ0v) is 20.2. The second kappa shape index (κ2) is 8.28. The number of amides is 2. The molecule has 4 rings (SSSR count). The number of carbonyl (C=O) groups excluding carboxylic acids is 2. The van der Waals surface area contributed by atoms with Crippen LogP contribution in [0, 0.1) is 11.3 Å². The Hall–Kier alpha value is -2.38. The van der Waals surface area contributed by atoms with E-state index in [0.717, 1.165) is 39.7 Å². The van der Waals surface area contributed by atoms with Crippen molar-refractivity contribution < 1.29 is 14.0 Å². The second-order valence-corrected chi connectivity index (χ2v) is 11.0. The number of fused-ring (bicyclic) bond motifs is 1. The van der Waals surface area contributed by atoms with Gasteiger partial charge in [-0.1, -0.05) is 48.8 Å². The van der Waals surface area contributed by atoms with E-state index in [-0.39, 0.29) is 11.2 Å². The third-order valence-corrected chi connectivity index (χ3v) is 7.62. The molecule has 0 fully saturated rings. The van der Waals surface area contributed by atoms with Gasteiger partial charge in [-0.05, 0) is 60.4 Å². The number of hydrogen-bond donors (Lipinski definition) is 2. The second-order valence-electron chi connectivity index (χ2n) is 9.00. The normalized spacial score (nSPS) is 16.1. The fraction of sp³-hybridized carbons (Fsp3) is 0.333. The van der Waals surface area contributed by atoms with E-state index < -0.39 is 11.8 Å². The van der Waals surface area contributed by atoms with Crippen LogP contribution in [0.25, 0.3) is 11.3 Å². The predicted molar refractivity (Wildman–Crippen MR) is 128 cm³/mol. The molecule has 2 amide bonds. The number of rotatable bonds is 4. The Morgan fingerprint density at radius 3 is 2.52 bits per heavy atom. The van der Waals surface area contributed by atoms with E-state index in [1.165, 1.54) is 11.3 Å². The van der Waals surface area contributed by atoms with Crippen molar-refractivity contribution in [2.75, 3.05) is 5.32 Å². The van der Waals surface area contributed by atoms with Gasteiger partial charge in [0.1, 0.15) is 10.8 Å². The van der Waals surface area contributed by atoms with Crippen LogP contribution >= 0.6 is 27.3 Å². The predicted octanol–water partition coefficient (Wildman–Crippen LogP) is 6.27. The number of carbonyl (C=O) groups is 2. The van der Waals surface area contributed by atoms with E-state index in [9.17, 15) is 9.59 Å². The van der Waals surface area contributed by atoms with Crippen molar-refractivity contribution in [1.29, 1.82) is 0 Å². The summed E-state index contributed by atoms with van der Waals surface area (Å²) in [7, 11) is 0. The lowest BCUT2D eigenvalue weighted by Crippen LogP contribution is -2.27. The lowest BCUT2D eigenvalue weighted by atomic mass is 9.72. The van der Waals surface area contributed by atoms with Gasteiger partial charge in [0.2, 0.25) is 0 Å². The molecule has 3 aromatic rings. The Labute approximate surface area is 194 Å². The molecular weight excluding hydrogens is 476 g/mol. The highest BCUT2D eigenvalue weighted by Gasteiger charge is 2.33. The lowest BCUT2D eigenvalue weighted by molar-refractivity contribution is 0.0997. The molecule has 0 radical (unpaired) electrons. The third-order valence-electron chi connectivity index (χ3n) is 5.92. The van der Waals surface area contributed by atoms with Gasteiger partial charge >= 0.3 is 0 Å². The van der Waals surface area contributed by atoms with Crippen molar-refractivity contribution in [2.24, 2.45) is 17.1 Å². The first kappa shape index (κ1) is 21.8. The Bertz CT molecular complexity index is 1140. The summed E-state index contributed by atoms with van der Waals surface area (Å²) in [6.45, 7) is 6.73. The SMILES string of the molecule is CC(C)(C)[C@H]1CCc2c(sc(NC(=O)c3ccc(-c4ccc(Br)cc4)o3)c2C(N)=O)C1. The van der Waals surface area contributed by atoms with Crippen LogP contribution in [0.2, 0.25) is 0 Å². The van der Waals surface area contributed by atoms with Crippen LogP contribution in [-0.2, 0) is 12.8 Å². The van der Waals surface area contributed by atoms with Gasteiger partial charge in [-0.3, -0.25) is 9.59 Å². The molecule has 1 aliphatic rings. The van der Waals surface area contributed by atoms with Gasteiger partial charge in [-0.25, -0.2) is 0 Å². The maximum absolute atomic E-state index is 12.9. The summed E-state index contributed by atoms with van der Waals surface area (Å²) >= 11 is 4.87. The molecule has 0 aliphatic heterocycles. The molecule has 0 saturated heterocycles. The standard InChI is InChI=1S/C24H25BrN2O3S/c1-24(2,3)14-6-9-16-19(12-14)31-23(20(16)21(26)28)27-22(29)18-11-10-17(30-18)13-4-7-15(25)8-5-13/h4-5,7-8,10-11,14H,6,9,12H2,1-3H3,(H2,26,28)(H,27,29)/t14-/m0/s1. The number of benzene rings is 1. The van der Waals surface area contributed by atoms with Gasteiger partial charge in [-0.15, -0.1) is 11.3 Å². The highest BCUT2D eigenvalue weighted by atomic mass is 79.9. The number of nitrogens with one attached hydrogen (secondary N) is 1. The molecule has 1 aromatic carbocycles. The van der Waals surface area contributed by atoms with Gasteiger partial charge < -0.3 is 15.5 Å². The van der Waals surface area contributed by atoms with Crippen LogP contribution in [0.5, 0.6) is 0 Å². The van der Waals surface area contributed by atoms with Crippen LogP contribution in [0.15, 0.2) is 45.3 Å². The Morgan fingerprint density at radius 2 is 1.87 bits per heavy atom. The minimum Gasteiger partial charge on any atom is -0.451 e. The van der Waals surface area contributed by atoms with Gasteiger partial charge in [0.15, 0.2) is 5.76 Å². The first-order valence-corrected chi connectivity index (χ1v) is 11.9. The summed E-state index contributed by atoms with van der Waals surface area (Å²) in [6, 6.07) is 11.1. The van der Waals surface area contributed by atoms with Crippen molar-refractivity contribution in [1.82, 2.24) is 0 Å². The number of primary amides is 1. The molecule has 162 valence electrons. The Morgan fingerprint density at radius 1 is 1.16 bits per heavy atom. The fourth-order valence-electron chi connectivity index (χ4n) is 4.07. The number of nitrogens with two attached hydrogens (primary N) is 1. The molecular formula is C24H25BrN2O3S. The molecule has 7 heteroatoms. The molecule has 1 atom stereocenters. The van der Waals surface area contributed by atoms with Crippen LogP contribution in [-0.4, -0.2) is 11.8 Å². The molecule has 0 spiro atoms. The smallest absolute Gasteiger partial charge is 0.292 e. The van der Waals surface area contributed by atoms with E-state index in [1.807, 2.05) is 24.3 Å². The lowest BCUT2D eigenvalue weighted by Gasteiger charge is -2.33. The summed E-state index contributed by atoms with van der Waals surface area (Å²) in [5.74, 6) is 0.425. The van der Waals surface area contributed by atoms with Crippen LogP contribution < -0.4 is 11.1 Å². The quantitative estimate of drug-likeness (QED) is 0.442. The zero-order valence-electron chi connectivity index (χ0n) is 17.8. The maximum atomic E-state index is 12.9. The molecule has 5 nitrogen and oxygen atoms in total. The number of halogens is 1. The first-order chi connectivity index (χ1) is 14.6. The number of hydrogen-bond acceptors (Lipinski definition) is 4. The van der Waals surface area contributed by atoms with E-state index >= 15 is 0 Å². The van der Waals surface area contributed by atoms with Crippen molar-refractivity contribution in [3.8, 4) is 11.3 Å². The summed E-state index contributed by atoms with van der Waals surface area (Å²) in [5, 5.41) is 3.38. The summed E-state index contributed by atoms with van der Waals surface area (Å²) in [5.41, 5.74) is 8.20. The third kappa shape index (κ3) is 4.48. The van der Waals surface area contributed by atoms with Gasteiger partial charge in [-0.2, -0.15) is 0 Å². The summed E-state index contributed by atoms with van der Waals surface area (Å²) < 4.78 is 6.74. The maximum Gasteiger partial charge on any atom is 0.292 e. The number of furan rings is 1. The van der Waals surface area contributed by atoms with Crippen molar-refractivity contribution in [2.45, 2.75) is 40.0 Å².